The van der Waals surface area contributed by atoms with Crippen LogP contribution in [0, 0.1) is 0 Å². The average molecular weight is 494 g/mol. The number of hydrogen-bond donors (Lipinski definition) is 1. The normalized spacial score (nSPS) is 11.1. The number of imidazole rings is 1. The fourth-order valence-electron chi connectivity index (χ4n) is 4.28. The van der Waals surface area contributed by atoms with E-state index in [2.05, 4.69) is 41.8 Å². The maximum atomic E-state index is 11.6. The number of fused-ring (bicyclic) bond motifs is 1. The van der Waals surface area contributed by atoms with Gasteiger partial charge >= 0.3 is 5.97 Å². The van der Waals surface area contributed by atoms with E-state index in [0.29, 0.717) is 12.1 Å². The van der Waals surface area contributed by atoms with Gasteiger partial charge in [0.05, 0.1) is 12.1 Å². The summed E-state index contributed by atoms with van der Waals surface area (Å²) in [6, 6.07) is 29.6. The van der Waals surface area contributed by atoms with Gasteiger partial charge in [-0.05, 0) is 53.4 Å². The van der Waals surface area contributed by atoms with E-state index in [1.54, 1.807) is 23.9 Å². The molecule has 0 radical (unpaired) electrons. The third-order valence-corrected chi connectivity index (χ3v) is 7.07. The lowest BCUT2D eigenvalue weighted by Gasteiger charge is -2.11. The van der Waals surface area contributed by atoms with Gasteiger partial charge in [-0.3, -0.25) is 0 Å². The summed E-state index contributed by atoms with van der Waals surface area (Å²) >= 11 is 1.65. The number of unbranched alkanes of at least 4 members (excludes halogenated alkanes) is 1. The number of nitrogens with zero attached hydrogens (tertiary/aromatic N) is 3. The Morgan fingerprint density at radius 1 is 0.889 bits per heavy atom. The highest BCUT2D eigenvalue weighted by molar-refractivity contribution is 7.99. The molecule has 5 rings (SSSR count). The zero-order chi connectivity index (χ0) is 24.9. The molecule has 0 aliphatic heterocycles. The molecule has 0 saturated carbocycles. The van der Waals surface area contributed by atoms with Crippen molar-refractivity contribution < 1.29 is 9.90 Å². The van der Waals surface area contributed by atoms with Crippen LogP contribution in [0.4, 0.5) is 0 Å². The molecule has 0 aliphatic rings. The second-order valence-corrected chi connectivity index (χ2v) is 9.77. The van der Waals surface area contributed by atoms with E-state index < -0.39 is 5.97 Å². The number of pyridine rings is 1. The Morgan fingerprint density at radius 3 is 2.39 bits per heavy atom. The summed E-state index contributed by atoms with van der Waals surface area (Å²) in [5.41, 5.74) is 4.83. The largest absolute Gasteiger partial charge is 0.478 e. The van der Waals surface area contributed by atoms with Gasteiger partial charge in [-0.25, -0.2) is 14.8 Å². The quantitative estimate of drug-likeness (QED) is 0.233. The Hall–Kier alpha value is -3.90. The highest BCUT2D eigenvalue weighted by Crippen LogP contribution is 2.29. The maximum Gasteiger partial charge on any atom is 0.336 e. The molecule has 0 amide bonds. The molecular weight excluding hydrogens is 466 g/mol. The smallest absolute Gasteiger partial charge is 0.336 e. The van der Waals surface area contributed by atoms with Crippen LogP contribution in [0.3, 0.4) is 0 Å². The third-order valence-electron chi connectivity index (χ3n) is 6.13. The summed E-state index contributed by atoms with van der Waals surface area (Å²) in [5, 5.41) is 10.5. The number of benzene rings is 3. The average Bonchev–Trinajstić information content (AvgIpc) is 3.25. The summed E-state index contributed by atoms with van der Waals surface area (Å²) < 4.78 is 2.22. The van der Waals surface area contributed by atoms with Crippen LogP contribution in [0.1, 0.15) is 41.5 Å². The van der Waals surface area contributed by atoms with Gasteiger partial charge in [0, 0.05) is 11.3 Å². The van der Waals surface area contributed by atoms with Gasteiger partial charge in [0.2, 0.25) is 0 Å². The van der Waals surface area contributed by atoms with Crippen molar-refractivity contribution >= 4 is 28.9 Å². The summed E-state index contributed by atoms with van der Waals surface area (Å²) in [6.07, 6.45) is 3.07. The predicted octanol–water partition coefficient (Wildman–Crippen LogP) is 7.34. The van der Waals surface area contributed by atoms with Crippen LogP contribution in [0.15, 0.2) is 101 Å². The highest BCUT2D eigenvalue weighted by atomic mass is 32.2. The fraction of sp³-hybridized carbons (Fsp3) is 0.167. The van der Waals surface area contributed by atoms with Gasteiger partial charge in [0.15, 0.2) is 5.65 Å². The van der Waals surface area contributed by atoms with Crippen LogP contribution in [0.5, 0.6) is 0 Å². The molecule has 5 aromatic rings. The number of aryl methyl sites for hydroxylation is 1. The van der Waals surface area contributed by atoms with Crippen LogP contribution in [-0.2, 0) is 13.0 Å². The van der Waals surface area contributed by atoms with Crippen molar-refractivity contribution in [3.05, 3.63) is 108 Å². The van der Waals surface area contributed by atoms with Crippen molar-refractivity contribution in [3.8, 4) is 11.1 Å². The van der Waals surface area contributed by atoms with Crippen molar-refractivity contribution in [2.75, 3.05) is 0 Å². The van der Waals surface area contributed by atoms with Crippen LogP contribution in [-0.4, -0.2) is 25.6 Å². The molecule has 5 nitrogen and oxygen atoms in total. The molecular formula is C30H27N3O2S. The molecule has 3 aromatic carbocycles. The van der Waals surface area contributed by atoms with Gasteiger partial charge < -0.3 is 9.67 Å². The summed E-state index contributed by atoms with van der Waals surface area (Å²) in [5.74, 6) is 0.122. The standard InChI is InChI=1S/C30H27N3O2S/c1-2-3-13-27-31-26-18-19-28(36-23-9-5-4-6-10-23)32-29(26)33(27)20-21-14-16-22(17-15-21)24-11-7-8-12-25(24)30(34)35/h4-12,14-19H,2-3,13,20H2,1H3,(H,34,35). The highest BCUT2D eigenvalue weighted by Gasteiger charge is 2.15. The van der Waals surface area contributed by atoms with Crippen LogP contribution < -0.4 is 0 Å². The molecule has 2 heterocycles. The van der Waals surface area contributed by atoms with E-state index in [4.69, 9.17) is 9.97 Å². The predicted molar refractivity (Wildman–Crippen MR) is 145 cm³/mol. The van der Waals surface area contributed by atoms with Crippen molar-refractivity contribution in [2.45, 2.75) is 42.7 Å². The van der Waals surface area contributed by atoms with E-state index in [0.717, 1.165) is 62.9 Å². The topological polar surface area (TPSA) is 68.0 Å². The van der Waals surface area contributed by atoms with E-state index in [-0.39, 0.29) is 0 Å². The number of aromatic nitrogens is 3. The number of rotatable bonds is 9. The van der Waals surface area contributed by atoms with E-state index in [1.165, 1.54) is 0 Å². The summed E-state index contributed by atoms with van der Waals surface area (Å²) in [4.78, 5) is 22.7. The van der Waals surface area contributed by atoms with Gasteiger partial charge in [-0.2, -0.15) is 0 Å². The van der Waals surface area contributed by atoms with Gasteiger partial charge in [-0.1, -0.05) is 85.8 Å². The molecule has 180 valence electrons. The molecule has 0 spiro atoms. The second-order valence-electron chi connectivity index (χ2n) is 8.67. The second kappa shape index (κ2) is 10.8. The molecule has 2 aromatic heterocycles. The minimum absolute atomic E-state index is 0.306. The Kier molecular flexibility index (Phi) is 7.14. The van der Waals surface area contributed by atoms with Gasteiger partial charge in [0.1, 0.15) is 16.4 Å². The van der Waals surface area contributed by atoms with Gasteiger partial charge in [0.25, 0.3) is 0 Å². The molecule has 0 aliphatic carbocycles. The Morgan fingerprint density at radius 2 is 1.64 bits per heavy atom. The molecule has 0 bridgehead atoms. The molecule has 0 saturated heterocycles. The Balaban J connectivity index is 1.47. The lowest BCUT2D eigenvalue weighted by molar-refractivity contribution is 0.0697. The van der Waals surface area contributed by atoms with Crippen molar-refractivity contribution in [1.82, 2.24) is 14.5 Å². The molecule has 0 unspecified atom stereocenters. The number of hydrogen-bond acceptors (Lipinski definition) is 4. The minimum atomic E-state index is -0.921. The number of carbonyl (C=O) groups is 1. The first-order valence-corrected chi connectivity index (χ1v) is 12.9. The SMILES string of the molecule is CCCCc1nc2ccc(Sc3ccccc3)nc2n1Cc1ccc(-c2ccccc2C(=O)O)cc1. The first kappa shape index (κ1) is 23.8. The Bertz CT molecular complexity index is 1490. The lowest BCUT2D eigenvalue weighted by Crippen LogP contribution is -2.06. The van der Waals surface area contributed by atoms with Crippen LogP contribution in [0.2, 0.25) is 0 Å². The zero-order valence-electron chi connectivity index (χ0n) is 20.1. The van der Waals surface area contributed by atoms with Gasteiger partial charge in [-0.15, -0.1) is 0 Å². The molecule has 0 fully saturated rings. The fourth-order valence-corrected chi connectivity index (χ4v) is 5.09. The Labute approximate surface area is 214 Å². The van der Waals surface area contributed by atoms with E-state index in [1.807, 2.05) is 48.5 Å². The first-order valence-electron chi connectivity index (χ1n) is 12.1. The van der Waals surface area contributed by atoms with Crippen molar-refractivity contribution in [1.29, 1.82) is 0 Å². The van der Waals surface area contributed by atoms with Crippen LogP contribution in [0.25, 0.3) is 22.3 Å². The number of carboxylic acids is 1. The maximum absolute atomic E-state index is 11.6. The number of carboxylic acid groups (broad SMARTS) is 1. The van der Waals surface area contributed by atoms with Crippen LogP contribution >= 0.6 is 11.8 Å². The summed E-state index contributed by atoms with van der Waals surface area (Å²) in [6.45, 7) is 2.84. The zero-order valence-corrected chi connectivity index (χ0v) is 20.9. The molecule has 0 atom stereocenters. The molecule has 36 heavy (non-hydrogen) atoms. The van der Waals surface area contributed by atoms with Crippen molar-refractivity contribution in [2.24, 2.45) is 0 Å². The third kappa shape index (κ3) is 5.19. The van der Waals surface area contributed by atoms with Crippen molar-refractivity contribution in [3.63, 3.8) is 0 Å². The van der Waals surface area contributed by atoms with E-state index >= 15 is 0 Å². The summed E-state index contributed by atoms with van der Waals surface area (Å²) in [7, 11) is 0. The molecule has 6 heteroatoms. The number of aromatic carboxylic acids is 1. The monoisotopic (exact) mass is 493 g/mol. The minimum Gasteiger partial charge on any atom is -0.478 e. The van der Waals surface area contributed by atoms with E-state index in [9.17, 15) is 9.90 Å². The first-order chi connectivity index (χ1) is 17.6. The molecule has 1 N–H and O–H groups in total. The lowest BCUT2D eigenvalue weighted by atomic mass is 9.99.